The average molecular weight is 456 g/mol. The number of para-hydroxylation sites is 1. The van der Waals surface area contributed by atoms with Gasteiger partial charge in [-0.15, -0.1) is 0 Å². The first-order valence-electron chi connectivity index (χ1n) is 11.5. The molecule has 5 nitrogen and oxygen atoms in total. The van der Waals surface area contributed by atoms with Crippen LogP contribution in [0.4, 0.5) is 15.8 Å². The molecule has 3 aromatic carbocycles. The normalized spacial score (nSPS) is 16.6. The second kappa shape index (κ2) is 8.78. The van der Waals surface area contributed by atoms with Crippen LogP contribution in [0.2, 0.25) is 0 Å². The molecule has 2 heterocycles. The van der Waals surface area contributed by atoms with Gasteiger partial charge >= 0.3 is 0 Å². The minimum Gasteiger partial charge on any atom is -0.368 e. The third-order valence-electron chi connectivity index (χ3n) is 6.73. The van der Waals surface area contributed by atoms with Crippen molar-refractivity contribution in [3.63, 3.8) is 0 Å². The van der Waals surface area contributed by atoms with Gasteiger partial charge in [-0.05, 0) is 48.7 Å². The van der Waals surface area contributed by atoms with E-state index >= 15 is 0 Å². The molecule has 0 atom stereocenters. The number of rotatable bonds is 4. The minimum atomic E-state index is -0.599. The number of carbonyl (C=O) groups is 2. The summed E-state index contributed by atoms with van der Waals surface area (Å²) in [6.07, 6.45) is 0. The number of halogens is 1. The maximum Gasteiger partial charge on any atom is 0.282 e. The van der Waals surface area contributed by atoms with Crippen molar-refractivity contribution in [3.8, 4) is 0 Å². The monoisotopic (exact) mass is 455 g/mol. The zero-order valence-corrected chi connectivity index (χ0v) is 19.3. The molecule has 3 aromatic rings. The standard InChI is InChI=1S/C28H26FN3O2/c1-19-9-8-14-23(20(19)2)30-15-17-31(18-16-30)26-25(21-10-4-3-5-11-21)27(33)32(28(26)34)24-13-7-6-12-22(24)29/h3-14H,15-18H2,1-2H3. The van der Waals surface area contributed by atoms with E-state index in [0.29, 0.717) is 29.9 Å². The van der Waals surface area contributed by atoms with Crippen LogP contribution < -0.4 is 9.80 Å². The Morgan fingerprint density at radius 3 is 2.00 bits per heavy atom. The van der Waals surface area contributed by atoms with Crippen LogP contribution in [0.5, 0.6) is 0 Å². The van der Waals surface area contributed by atoms with Crippen molar-refractivity contribution in [2.45, 2.75) is 13.8 Å². The summed E-state index contributed by atoms with van der Waals surface area (Å²) >= 11 is 0. The fraction of sp³-hybridized carbons (Fsp3) is 0.214. The summed E-state index contributed by atoms with van der Waals surface area (Å²) in [7, 11) is 0. The van der Waals surface area contributed by atoms with Gasteiger partial charge < -0.3 is 9.80 Å². The Hall–Kier alpha value is -3.93. The van der Waals surface area contributed by atoms with Crippen molar-refractivity contribution in [2.75, 3.05) is 36.0 Å². The van der Waals surface area contributed by atoms with Crippen molar-refractivity contribution in [1.82, 2.24) is 4.90 Å². The van der Waals surface area contributed by atoms with E-state index in [-0.39, 0.29) is 5.69 Å². The highest BCUT2D eigenvalue weighted by Gasteiger charge is 2.43. The number of hydrogen-bond donors (Lipinski definition) is 0. The molecule has 2 aliphatic heterocycles. The number of anilines is 2. The Labute approximate surface area is 198 Å². The van der Waals surface area contributed by atoms with E-state index in [4.69, 9.17) is 0 Å². The SMILES string of the molecule is Cc1cccc(N2CCN(C3=C(c4ccccc4)C(=O)N(c4ccccc4F)C3=O)CC2)c1C. The third kappa shape index (κ3) is 3.65. The number of benzene rings is 3. The highest BCUT2D eigenvalue weighted by Crippen LogP contribution is 2.36. The third-order valence-corrected chi connectivity index (χ3v) is 6.73. The van der Waals surface area contributed by atoms with Gasteiger partial charge in [-0.3, -0.25) is 9.59 Å². The van der Waals surface area contributed by atoms with Gasteiger partial charge in [0.05, 0.1) is 11.3 Å². The summed E-state index contributed by atoms with van der Waals surface area (Å²) in [6, 6.07) is 21.4. The molecular formula is C28H26FN3O2. The fourth-order valence-electron chi connectivity index (χ4n) is 4.78. The molecule has 5 rings (SSSR count). The Kier molecular flexibility index (Phi) is 5.65. The molecule has 2 aliphatic rings. The lowest BCUT2D eigenvalue weighted by molar-refractivity contribution is -0.120. The van der Waals surface area contributed by atoms with Crippen LogP contribution in [0.15, 0.2) is 78.5 Å². The summed E-state index contributed by atoms with van der Waals surface area (Å²) in [5, 5.41) is 0. The second-order valence-electron chi connectivity index (χ2n) is 8.68. The number of carbonyl (C=O) groups excluding carboxylic acids is 2. The second-order valence-corrected chi connectivity index (χ2v) is 8.68. The van der Waals surface area contributed by atoms with E-state index in [1.54, 1.807) is 12.1 Å². The maximum atomic E-state index is 14.6. The quantitative estimate of drug-likeness (QED) is 0.542. The molecule has 2 amide bonds. The maximum absolute atomic E-state index is 14.6. The predicted molar refractivity (Wildman–Crippen MR) is 132 cm³/mol. The Bertz CT molecular complexity index is 1290. The van der Waals surface area contributed by atoms with Crippen molar-refractivity contribution in [2.24, 2.45) is 0 Å². The van der Waals surface area contributed by atoms with Crippen LogP contribution in [0, 0.1) is 19.7 Å². The van der Waals surface area contributed by atoms with Gasteiger partial charge in [0.15, 0.2) is 0 Å². The first-order chi connectivity index (χ1) is 16.5. The molecule has 0 bridgehead atoms. The molecule has 0 aliphatic carbocycles. The lowest BCUT2D eigenvalue weighted by Crippen LogP contribution is -2.48. The first kappa shape index (κ1) is 21.9. The van der Waals surface area contributed by atoms with Crippen molar-refractivity contribution in [3.05, 3.63) is 101 Å². The van der Waals surface area contributed by atoms with E-state index in [1.807, 2.05) is 35.2 Å². The summed E-state index contributed by atoms with van der Waals surface area (Å²) < 4.78 is 14.6. The molecule has 0 aromatic heterocycles. The fourth-order valence-corrected chi connectivity index (χ4v) is 4.78. The number of aryl methyl sites for hydroxylation is 1. The Balaban J connectivity index is 1.50. The molecule has 0 unspecified atom stereocenters. The molecule has 6 heteroatoms. The topological polar surface area (TPSA) is 43.9 Å². The summed E-state index contributed by atoms with van der Waals surface area (Å²) in [5.41, 5.74) is 5.00. The molecule has 1 fully saturated rings. The lowest BCUT2D eigenvalue weighted by atomic mass is 10.0. The number of amides is 2. The largest absolute Gasteiger partial charge is 0.368 e. The summed E-state index contributed by atoms with van der Waals surface area (Å²) in [6.45, 7) is 6.84. The Morgan fingerprint density at radius 1 is 0.676 bits per heavy atom. The van der Waals surface area contributed by atoms with E-state index in [1.165, 1.54) is 28.9 Å². The van der Waals surface area contributed by atoms with Crippen LogP contribution in [-0.2, 0) is 9.59 Å². The lowest BCUT2D eigenvalue weighted by Gasteiger charge is -2.38. The molecule has 34 heavy (non-hydrogen) atoms. The number of hydrogen-bond acceptors (Lipinski definition) is 4. The van der Waals surface area contributed by atoms with Crippen LogP contribution in [-0.4, -0.2) is 42.9 Å². The summed E-state index contributed by atoms with van der Waals surface area (Å²) in [4.78, 5) is 32.4. The highest BCUT2D eigenvalue weighted by molar-refractivity contribution is 6.45. The van der Waals surface area contributed by atoms with Crippen LogP contribution in [0.25, 0.3) is 5.57 Å². The van der Waals surface area contributed by atoms with Crippen LogP contribution >= 0.6 is 0 Å². The molecule has 0 radical (unpaired) electrons. The van der Waals surface area contributed by atoms with E-state index in [2.05, 4.69) is 36.9 Å². The smallest absolute Gasteiger partial charge is 0.282 e. The van der Waals surface area contributed by atoms with Gasteiger partial charge in [-0.25, -0.2) is 9.29 Å². The van der Waals surface area contributed by atoms with Gasteiger partial charge in [0.2, 0.25) is 0 Å². The molecule has 0 N–H and O–H groups in total. The molecule has 0 spiro atoms. The summed E-state index contributed by atoms with van der Waals surface area (Å²) in [5.74, 6) is -1.57. The molecule has 0 saturated carbocycles. The highest BCUT2D eigenvalue weighted by atomic mass is 19.1. The van der Waals surface area contributed by atoms with Crippen molar-refractivity contribution >= 4 is 28.8 Å². The number of piperazine rings is 1. The van der Waals surface area contributed by atoms with Gasteiger partial charge in [0.25, 0.3) is 11.8 Å². The van der Waals surface area contributed by atoms with E-state index < -0.39 is 17.6 Å². The van der Waals surface area contributed by atoms with Gasteiger partial charge in [-0.1, -0.05) is 54.6 Å². The first-order valence-corrected chi connectivity index (χ1v) is 11.5. The number of imide groups is 1. The predicted octanol–water partition coefficient (Wildman–Crippen LogP) is 4.55. The molecule has 172 valence electrons. The number of nitrogens with zero attached hydrogens (tertiary/aromatic N) is 3. The zero-order valence-electron chi connectivity index (χ0n) is 19.3. The minimum absolute atomic E-state index is 0.0186. The van der Waals surface area contributed by atoms with Crippen LogP contribution in [0.1, 0.15) is 16.7 Å². The van der Waals surface area contributed by atoms with Gasteiger partial charge in [0.1, 0.15) is 11.5 Å². The van der Waals surface area contributed by atoms with E-state index in [0.717, 1.165) is 18.0 Å². The Morgan fingerprint density at radius 2 is 1.29 bits per heavy atom. The van der Waals surface area contributed by atoms with Crippen molar-refractivity contribution < 1.29 is 14.0 Å². The van der Waals surface area contributed by atoms with Gasteiger partial charge in [-0.2, -0.15) is 0 Å². The molecular weight excluding hydrogens is 429 g/mol. The zero-order chi connectivity index (χ0) is 23.8. The van der Waals surface area contributed by atoms with E-state index in [9.17, 15) is 14.0 Å². The van der Waals surface area contributed by atoms with Gasteiger partial charge in [0, 0.05) is 31.9 Å². The molecule has 1 saturated heterocycles. The average Bonchev–Trinajstić information content (AvgIpc) is 3.12. The van der Waals surface area contributed by atoms with Crippen molar-refractivity contribution in [1.29, 1.82) is 0 Å². The van der Waals surface area contributed by atoms with Crippen LogP contribution in [0.3, 0.4) is 0 Å².